The SMILES string of the molecule is Cc1cc(Sc2nc3cc(N)ccc3o2)n(C)n1. The molecule has 2 heterocycles. The summed E-state index contributed by atoms with van der Waals surface area (Å²) in [5, 5.41) is 5.87. The third kappa shape index (κ3) is 1.95. The summed E-state index contributed by atoms with van der Waals surface area (Å²) in [7, 11) is 1.90. The van der Waals surface area contributed by atoms with Crippen LogP contribution in [0.4, 0.5) is 5.69 Å². The maximum atomic E-state index is 5.71. The second-order valence-corrected chi connectivity index (χ2v) is 5.03. The number of nitrogens with zero attached hydrogens (tertiary/aromatic N) is 3. The van der Waals surface area contributed by atoms with Gasteiger partial charge in [-0.25, -0.2) is 4.98 Å². The van der Waals surface area contributed by atoms with Gasteiger partial charge in [0.1, 0.15) is 10.5 Å². The summed E-state index contributed by atoms with van der Waals surface area (Å²) >= 11 is 1.45. The number of fused-ring (bicyclic) bond motifs is 1. The van der Waals surface area contributed by atoms with Crippen LogP contribution in [0.5, 0.6) is 0 Å². The second-order valence-electron chi connectivity index (χ2n) is 4.06. The van der Waals surface area contributed by atoms with Crippen LogP contribution in [-0.4, -0.2) is 14.8 Å². The molecule has 0 radical (unpaired) electrons. The Kier molecular flexibility index (Phi) is 2.52. The summed E-state index contributed by atoms with van der Waals surface area (Å²) in [6.07, 6.45) is 0. The number of nitrogens with two attached hydrogens (primary N) is 1. The fourth-order valence-corrected chi connectivity index (χ4v) is 2.60. The van der Waals surface area contributed by atoms with Crippen molar-refractivity contribution in [3.05, 3.63) is 30.0 Å². The lowest BCUT2D eigenvalue weighted by Crippen LogP contribution is -1.91. The topological polar surface area (TPSA) is 69.9 Å². The molecule has 0 saturated carbocycles. The Labute approximate surface area is 108 Å². The van der Waals surface area contributed by atoms with Gasteiger partial charge in [0.25, 0.3) is 5.22 Å². The van der Waals surface area contributed by atoms with Crippen molar-refractivity contribution < 1.29 is 4.42 Å². The molecule has 6 heteroatoms. The fraction of sp³-hybridized carbons (Fsp3) is 0.167. The van der Waals surface area contributed by atoms with Crippen molar-refractivity contribution in [1.29, 1.82) is 0 Å². The Morgan fingerprint density at radius 3 is 2.89 bits per heavy atom. The van der Waals surface area contributed by atoms with Crippen molar-refractivity contribution in [2.75, 3.05) is 5.73 Å². The smallest absolute Gasteiger partial charge is 0.263 e. The molecule has 3 rings (SSSR count). The minimum absolute atomic E-state index is 0.596. The number of oxazole rings is 1. The molecule has 0 fully saturated rings. The van der Waals surface area contributed by atoms with Crippen molar-refractivity contribution in [3.8, 4) is 0 Å². The van der Waals surface area contributed by atoms with Gasteiger partial charge in [0.2, 0.25) is 0 Å². The summed E-state index contributed by atoms with van der Waals surface area (Å²) in [6, 6.07) is 7.43. The van der Waals surface area contributed by atoms with E-state index in [2.05, 4.69) is 10.1 Å². The van der Waals surface area contributed by atoms with Crippen LogP contribution < -0.4 is 5.73 Å². The lowest BCUT2D eigenvalue weighted by Gasteiger charge is -1.95. The number of aromatic nitrogens is 3. The second kappa shape index (κ2) is 4.06. The molecule has 0 bridgehead atoms. The lowest BCUT2D eigenvalue weighted by atomic mass is 10.3. The zero-order valence-corrected chi connectivity index (χ0v) is 10.9. The zero-order chi connectivity index (χ0) is 12.7. The van der Waals surface area contributed by atoms with Crippen molar-refractivity contribution >= 4 is 28.5 Å². The molecule has 2 N–H and O–H groups in total. The Morgan fingerprint density at radius 2 is 2.17 bits per heavy atom. The summed E-state index contributed by atoms with van der Waals surface area (Å²) in [6.45, 7) is 1.96. The molecular formula is C12H12N4OS. The van der Waals surface area contributed by atoms with E-state index in [1.807, 2.05) is 30.8 Å². The van der Waals surface area contributed by atoms with Gasteiger partial charge < -0.3 is 10.2 Å². The third-order valence-electron chi connectivity index (χ3n) is 2.54. The number of hydrogen-bond donors (Lipinski definition) is 1. The Balaban J connectivity index is 1.97. The third-order valence-corrected chi connectivity index (χ3v) is 3.48. The molecule has 0 unspecified atom stereocenters. The van der Waals surface area contributed by atoms with Gasteiger partial charge in [0.05, 0.1) is 5.69 Å². The number of benzene rings is 1. The summed E-state index contributed by atoms with van der Waals surface area (Å²) in [4.78, 5) is 4.39. The predicted octanol–water partition coefficient (Wildman–Crippen LogP) is 2.60. The monoisotopic (exact) mass is 260 g/mol. The number of aryl methyl sites for hydroxylation is 2. The molecule has 1 aromatic carbocycles. The van der Waals surface area contributed by atoms with Crippen LogP contribution in [0, 0.1) is 6.92 Å². The minimum Gasteiger partial charge on any atom is -0.431 e. The Bertz CT molecular complexity index is 716. The van der Waals surface area contributed by atoms with Crippen LogP contribution in [0.3, 0.4) is 0 Å². The van der Waals surface area contributed by atoms with E-state index < -0.39 is 0 Å². The van der Waals surface area contributed by atoms with Gasteiger partial charge in [-0.2, -0.15) is 5.10 Å². The fourth-order valence-electron chi connectivity index (χ4n) is 1.74. The zero-order valence-electron chi connectivity index (χ0n) is 10.0. The van der Waals surface area contributed by atoms with Gasteiger partial charge in [-0.15, -0.1) is 0 Å². The van der Waals surface area contributed by atoms with Crippen molar-refractivity contribution in [2.45, 2.75) is 17.2 Å². The normalized spacial score (nSPS) is 11.2. The van der Waals surface area contributed by atoms with Crippen molar-refractivity contribution in [1.82, 2.24) is 14.8 Å². The highest BCUT2D eigenvalue weighted by Crippen LogP contribution is 2.30. The summed E-state index contributed by atoms with van der Waals surface area (Å²) < 4.78 is 7.46. The van der Waals surface area contributed by atoms with Gasteiger partial charge in [-0.05, 0) is 43.0 Å². The molecule has 18 heavy (non-hydrogen) atoms. The highest BCUT2D eigenvalue weighted by molar-refractivity contribution is 7.99. The maximum Gasteiger partial charge on any atom is 0.263 e. The molecule has 0 aliphatic carbocycles. The Hall–Kier alpha value is -1.95. The van der Waals surface area contributed by atoms with E-state index in [1.54, 1.807) is 12.1 Å². The van der Waals surface area contributed by atoms with E-state index in [0.717, 1.165) is 21.8 Å². The van der Waals surface area contributed by atoms with Crippen molar-refractivity contribution in [3.63, 3.8) is 0 Å². The molecule has 0 atom stereocenters. The van der Waals surface area contributed by atoms with E-state index >= 15 is 0 Å². The predicted molar refractivity (Wildman–Crippen MR) is 70.5 cm³/mol. The molecule has 3 aromatic rings. The van der Waals surface area contributed by atoms with Gasteiger partial charge in [0.15, 0.2) is 5.58 Å². The van der Waals surface area contributed by atoms with Crippen LogP contribution in [0.1, 0.15) is 5.69 Å². The van der Waals surface area contributed by atoms with E-state index in [0.29, 0.717) is 10.9 Å². The average Bonchev–Trinajstić information content (AvgIpc) is 2.82. The highest BCUT2D eigenvalue weighted by Gasteiger charge is 2.10. The van der Waals surface area contributed by atoms with E-state index in [1.165, 1.54) is 11.8 Å². The first-order chi connectivity index (χ1) is 8.61. The molecule has 5 nitrogen and oxygen atoms in total. The van der Waals surface area contributed by atoms with Crippen LogP contribution >= 0.6 is 11.8 Å². The van der Waals surface area contributed by atoms with Gasteiger partial charge in [-0.3, -0.25) is 4.68 Å². The molecule has 92 valence electrons. The van der Waals surface area contributed by atoms with Gasteiger partial charge >= 0.3 is 0 Å². The van der Waals surface area contributed by atoms with E-state index in [-0.39, 0.29) is 0 Å². The molecule has 0 aliphatic rings. The summed E-state index contributed by atoms with van der Waals surface area (Å²) in [5.74, 6) is 0. The largest absolute Gasteiger partial charge is 0.431 e. The van der Waals surface area contributed by atoms with Crippen LogP contribution in [0.25, 0.3) is 11.1 Å². The molecule has 0 aliphatic heterocycles. The minimum atomic E-state index is 0.596. The van der Waals surface area contributed by atoms with E-state index in [4.69, 9.17) is 10.2 Å². The number of hydrogen-bond acceptors (Lipinski definition) is 5. The quantitative estimate of drug-likeness (QED) is 0.717. The maximum absolute atomic E-state index is 5.71. The van der Waals surface area contributed by atoms with Gasteiger partial charge in [-0.1, -0.05) is 0 Å². The van der Waals surface area contributed by atoms with E-state index in [9.17, 15) is 0 Å². The van der Waals surface area contributed by atoms with Gasteiger partial charge in [0, 0.05) is 12.7 Å². The highest BCUT2D eigenvalue weighted by atomic mass is 32.2. The lowest BCUT2D eigenvalue weighted by molar-refractivity contribution is 0.488. The van der Waals surface area contributed by atoms with Crippen LogP contribution in [-0.2, 0) is 7.05 Å². The first-order valence-electron chi connectivity index (χ1n) is 5.46. The first-order valence-corrected chi connectivity index (χ1v) is 6.28. The molecule has 0 spiro atoms. The average molecular weight is 260 g/mol. The molecule has 2 aromatic heterocycles. The number of rotatable bonds is 2. The molecular weight excluding hydrogens is 248 g/mol. The molecule has 0 saturated heterocycles. The van der Waals surface area contributed by atoms with Crippen molar-refractivity contribution in [2.24, 2.45) is 7.05 Å². The standard InChI is InChI=1S/C12H12N4OS/c1-7-5-11(16(2)15-7)18-12-14-9-6-8(13)3-4-10(9)17-12/h3-6H,13H2,1-2H3. The molecule has 0 amide bonds. The summed E-state index contributed by atoms with van der Waals surface area (Å²) in [5.41, 5.74) is 8.88. The Morgan fingerprint density at radius 1 is 1.33 bits per heavy atom. The number of anilines is 1. The van der Waals surface area contributed by atoms with Crippen LogP contribution in [0.15, 0.2) is 38.9 Å². The first kappa shape index (κ1) is 11.2. The number of nitrogen functional groups attached to an aromatic ring is 1. The van der Waals surface area contributed by atoms with Crippen LogP contribution in [0.2, 0.25) is 0 Å².